The van der Waals surface area contributed by atoms with Crippen LogP contribution in [0.25, 0.3) is 11.3 Å². The van der Waals surface area contributed by atoms with Crippen LogP contribution in [0.1, 0.15) is 5.69 Å². The van der Waals surface area contributed by atoms with Crippen LogP contribution in [0.2, 0.25) is 0 Å². The van der Waals surface area contributed by atoms with Crippen LogP contribution in [0, 0.1) is 5.82 Å². The zero-order valence-corrected chi connectivity index (χ0v) is 10.5. The topological polar surface area (TPSA) is 25.8 Å². The second kappa shape index (κ2) is 5.16. The first-order chi connectivity index (χ1) is 8.90. The van der Waals surface area contributed by atoms with Crippen LogP contribution in [0.5, 0.6) is 0 Å². The van der Waals surface area contributed by atoms with Crippen LogP contribution in [-0.2, 0) is 6.18 Å². The minimum atomic E-state index is -4.56. The molecular formula is C12H8F4N2S. The highest BCUT2D eigenvalue weighted by Crippen LogP contribution is 2.31. The van der Waals surface area contributed by atoms with Gasteiger partial charge in [-0.25, -0.2) is 14.4 Å². The molecule has 0 saturated carbocycles. The number of aromatic nitrogens is 2. The number of alkyl halides is 3. The number of hydrogen-bond acceptors (Lipinski definition) is 3. The number of nitrogens with zero attached hydrogens (tertiary/aromatic N) is 2. The lowest BCUT2D eigenvalue weighted by Gasteiger charge is -2.09. The fraction of sp³-hybridized carbons (Fsp3) is 0.167. The summed E-state index contributed by atoms with van der Waals surface area (Å²) in [5, 5.41) is -0.00548. The van der Waals surface area contributed by atoms with E-state index in [2.05, 4.69) is 9.97 Å². The van der Waals surface area contributed by atoms with E-state index in [0.29, 0.717) is 0 Å². The van der Waals surface area contributed by atoms with Crippen LogP contribution in [0.15, 0.2) is 35.5 Å². The largest absolute Gasteiger partial charge is 0.433 e. The summed E-state index contributed by atoms with van der Waals surface area (Å²) in [7, 11) is 0. The highest BCUT2D eigenvalue weighted by molar-refractivity contribution is 7.98. The average Bonchev–Trinajstić information content (AvgIpc) is 2.37. The maximum absolute atomic E-state index is 13.1. The molecule has 0 amide bonds. The summed E-state index contributed by atoms with van der Waals surface area (Å²) in [6.45, 7) is 0. The smallest absolute Gasteiger partial charge is 0.222 e. The molecule has 0 saturated heterocycles. The summed E-state index contributed by atoms with van der Waals surface area (Å²) in [6.07, 6.45) is -2.99. The molecule has 2 rings (SSSR count). The highest BCUT2D eigenvalue weighted by Gasteiger charge is 2.33. The molecule has 1 heterocycles. The summed E-state index contributed by atoms with van der Waals surface area (Å²) in [4.78, 5) is 7.37. The Kier molecular flexibility index (Phi) is 3.75. The van der Waals surface area contributed by atoms with Crippen molar-refractivity contribution in [3.05, 3.63) is 41.8 Å². The SMILES string of the molecule is CSc1nc(-c2cccc(F)c2)cc(C(F)(F)F)n1. The molecule has 0 aliphatic carbocycles. The Balaban J connectivity index is 2.57. The predicted octanol–water partition coefficient (Wildman–Crippen LogP) is 4.02. The first-order valence-corrected chi connectivity index (χ1v) is 6.39. The van der Waals surface area contributed by atoms with E-state index in [1.54, 1.807) is 6.26 Å². The molecule has 0 aliphatic rings. The monoisotopic (exact) mass is 288 g/mol. The summed E-state index contributed by atoms with van der Waals surface area (Å²) < 4.78 is 51.2. The summed E-state index contributed by atoms with van der Waals surface area (Å²) in [6, 6.07) is 6.07. The Hall–Kier alpha value is -1.63. The van der Waals surface area contributed by atoms with Gasteiger partial charge in [0.25, 0.3) is 0 Å². The average molecular weight is 288 g/mol. The maximum atomic E-state index is 13.1. The van der Waals surface area contributed by atoms with Gasteiger partial charge in [0.15, 0.2) is 5.16 Å². The summed E-state index contributed by atoms with van der Waals surface area (Å²) in [5.74, 6) is -0.532. The Labute approximate surface area is 110 Å². The number of rotatable bonds is 2. The molecule has 0 radical (unpaired) electrons. The van der Waals surface area contributed by atoms with Gasteiger partial charge in [-0.2, -0.15) is 13.2 Å². The van der Waals surface area contributed by atoms with Crippen molar-refractivity contribution in [2.24, 2.45) is 0 Å². The molecule has 0 aliphatic heterocycles. The Morgan fingerprint density at radius 3 is 2.42 bits per heavy atom. The lowest BCUT2D eigenvalue weighted by atomic mass is 10.1. The second-order valence-corrected chi connectivity index (χ2v) is 4.41. The van der Waals surface area contributed by atoms with E-state index in [9.17, 15) is 17.6 Å². The van der Waals surface area contributed by atoms with Crippen molar-refractivity contribution in [1.82, 2.24) is 9.97 Å². The Bertz CT molecular complexity index is 599. The Morgan fingerprint density at radius 2 is 1.84 bits per heavy atom. The molecule has 0 atom stereocenters. The van der Waals surface area contributed by atoms with Gasteiger partial charge in [-0.05, 0) is 24.5 Å². The number of benzene rings is 1. The maximum Gasteiger partial charge on any atom is 0.433 e. The molecular weight excluding hydrogens is 280 g/mol. The fourth-order valence-corrected chi connectivity index (χ4v) is 1.84. The molecule has 0 spiro atoms. The summed E-state index contributed by atoms with van der Waals surface area (Å²) in [5.41, 5.74) is -0.708. The van der Waals surface area contributed by atoms with Crippen LogP contribution in [0.3, 0.4) is 0 Å². The zero-order chi connectivity index (χ0) is 14.0. The normalized spacial score (nSPS) is 11.6. The number of thioether (sulfide) groups is 1. The quantitative estimate of drug-likeness (QED) is 0.474. The molecule has 0 N–H and O–H groups in total. The molecule has 0 bridgehead atoms. The first kappa shape index (κ1) is 13.8. The third-order valence-corrected chi connectivity index (χ3v) is 2.85. The van der Waals surface area contributed by atoms with Gasteiger partial charge in [-0.15, -0.1) is 0 Å². The molecule has 7 heteroatoms. The van der Waals surface area contributed by atoms with E-state index >= 15 is 0 Å². The van der Waals surface area contributed by atoms with Crippen molar-refractivity contribution >= 4 is 11.8 Å². The molecule has 1 aromatic heterocycles. The van der Waals surface area contributed by atoms with Crippen molar-refractivity contribution in [1.29, 1.82) is 0 Å². The standard InChI is InChI=1S/C12H8F4N2S/c1-19-11-17-9(6-10(18-11)12(14,15)16)7-3-2-4-8(13)5-7/h2-6H,1H3. The molecule has 2 nitrogen and oxygen atoms in total. The summed E-state index contributed by atoms with van der Waals surface area (Å²) >= 11 is 0.996. The van der Waals surface area contributed by atoms with Crippen molar-refractivity contribution in [3.63, 3.8) is 0 Å². The van der Waals surface area contributed by atoms with E-state index in [4.69, 9.17) is 0 Å². The molecule has 0 unspecified atom stereocenters. The van der Waals surface area contributed by atoms with Gasteiger partial charge in [0.1, 0.15) is 11.5 Å². The minimum absolute atomic E-state index is 0.00548. The van der Waals surface area contributed by atoms with Crippen LogP contribution in [0.4, 0.5) is 17.6 Å². The lowest BCUT2D eigenvalue weighted by molar-refractivity contribution is -0.141. The molecule has 0 fully saturated rings. The lowest BCUT2D eigenvalue weighted by Crippen LogP contribution is -2.10. The van der Waals surface area contributed by atoms with Gasteiger partial charge in [0, 0.05) is 5.56 Å². The van der Waals surface area contributed by atoms with Crippen molar-refractivity contribution < 1.29 is 17.6 Å². The van der Waals surface area contributed by atoms with E-state index in [1.807, 2.05) is 0 Å². The van der Waals surface area contributed by atoms with Crippen LogP contribution >= 0.6 is 11.8 Å². The zero-order valence-electron chi connectivity index (χ0n) is 9.70. The van der Waals surface area contributed by atoms with Gasteiger partial charge < -0.3 is 0 Å². The highest BCUT2D eigenvalue weighted by atomic mass is 32.2. The van der Waals surface area contributed by atoms with E-state index in [1.165, 1.54) is 18.2 Å². The first-order valence-electron chi connectivity index (χ1n) is 5.16. The van der Waals surface area contributed by atoms with E-state index < -0.39 is 17.7 Å². The molecule has 19 heavy (non-hydrogen) atoms. The van der Waals surface area contributed by atoms with Crippen molar-refractivity contribution in [2.45, 2.75) is 11.3 Å². The van der Waals surface area contributed by atoms with Gasteiger partial charge in [-0.1, -0.05) is 23.9 Å². The molecule has 1 aromatic carbocycles. The van der Waals surface area contributed by atoms with Gasteiger partial charge in [-0.3, -0.25) is 0 Å². The van der Waals surface area contributed by atoms with Gasteiger partial charge >= 0.3 is 6.18 Å². The third kappa shape index (κ3) is 3.23. The minimum Gasteiger partial charge on any atom is -0.222 e. The van der Waals surface area contributed by atoms with E-state index in [0.717, 1.165) is 23.9 Å². The second-order valence-electron chi connectivity index (χ2n) is 3.63. The molecule has 2 aromatic rings. The van der Waals surface area contributed by atoms with Crippen molar-refractivity contribution in [3.8, 4) is 11.3 Å². The fourth-order valence-electron chi connectivity index (χ4n) is 1.46. The van der Waals surface area contributed by atoms with Crippen LogP contribution < -0.4 is 0 Å². The predicted molar refractivity (Wildman–Crippen MR) is 64.2 cm³/mol. The van der Waals surface area contributed by atoms with Crippen molar-refractivity contribution in [2.75, 3.05) is 6.26 Å². The van der Waals surface area contributed by atoms with E-state index in [-0.39, 0.29) is 16.4 Å². The van der Waals surface area contributed by atoms with Gasteiger partial charge in [0.2, 0.25) is 0 Å². The number of hydrogen-bond donors (Lipinski definition) is 0. The Morgan fingerprint density at radius 1 is 1.11 bits per heavy atom. The van der Waals surface area contributed by atoms with Crippen LogP contribution in [-0.4, -0.2) is 16.2 Å². The third-order valence-electron chi connectivity index (χ3n) is 2.30. The molecule has 100 valence electrons. The van der Waals surface area contributed by atoms with Gasteiger partial charge in [0.05, 0.1) is 5.69 Å². The number of halogens is 4.